The molecule has 6 heteroatoms. The molecule has 1 aromatic rings. The van der Waals surface area contributed by atoms with Crippen molar-refractivity contribution in [2.75, 3.05) is 14.2 Å². The van der Waals surface area contributed by atoms with Crippen LogP contribution in [0.15, 0.2) is 30.3 Å². The number of methoxy groups -OCH3 is 2. The maximum atomic E-state index is 11.3. The molecule has 0 unspecified atom stereocenters. The summed E-state index contributed by atoms with van der Waals surface area (Å²) in [7, 11) is 2.50. The molecule has 0 radical (unpaired) electrons. The van der Waals surface area contributed by atoms with E-state index < -0.39 is 17.8 Å². The number of nitrogens with one attached hydrogen (secondary N) is 2. The van der Waals surface area contributed by atoms with E-state index in [9.17, 15) is 9.59 Å². The van der Waals surface area contributed by atoms with Gasteiger partial charge in [-0.3, -0.25) is 10.6 Å². The number of ether oxygens (including phenoxy) is 2. The quantitative estimate of drug-likeness (QED) is 0.800. The largest absolute Gasteiger partial charge is 0.453 e. The van der Waals surface area contributed by atoms with Crippen LogP contribution in [0.3, 0.4) is 0 Å². The highest BCUT2D eigenvalue weighted by atomic mass is 16.5. The zero-order valence-corrected chi connectivity index (χ0v) is 10.5. The lowest BCUT2D eigenvalue weighted by atomic mass is 10.0. The maximum Gasteiger partial charge on any atom is 0.408 e. The number of carbonyl (C=O) groups excluding carboxylic acids is 2. The number of carbonyl (C=O) groups is 2. The first-order valence-corrected chi connectivity index (χ1v) is 5.29. The molecule has 2 N–H and O–H groups in total. The molecule has 0 bridgehead atoms. The van der Waals surface area contributed by atoms with Gasteiger partial charge in [0.1, 0.15) is 5.66 Å². The summed E-state index contributed by atoms with van der Waals surface area (Å²) < 4.78 is 9.08. The Bertz CT molecular complexity index is 401. The number of amides is 2. The van der Waals surface area contributed by atoms with Crippen LogP contribution in [0.25, 0.3) is 0 Å². The molecule has 0 saturated carbocycles. The Kier molecular flexibility index (Phi) is 4.53. The highest BCUT2D eigenvalue weighted by Crippen LogP contribution is 2.17. The third kappa shape index (κ3) is 3.38. The molecular formula is C12H16N2O4. The van der Waals surface area contributed by atoms with Crippen LogP contribution in [0.2, 0.25) is 0 Å². The van der Waals surface area contributed by atoms with Crippen molar-refractivity contribution in [3.05, 3.63) is 35.9 Å². The topological polar surface area (TPSA) is 76.7 Å². The normalized spacial score (nSPS) is 10.4. The van der Waals surface area contributed by atoms with Crippen molar-refractivity contribution >= 4 is 12.2 Å². The zero-order valence-electron chi connectivity index (χ0n) is 10.5. The summed E-state index contributed by atoms with van der Waals surface area (Å²) in [5.74, 6) is 0. The van der Waals surface area contributed by atoms with Crippen molar-refractivity contribution in [2.24, 2.45) is 0 Å². The van der Waals surface area contributed by atoms with Gasteiger partial charge in [0.05, 0.1) is 14.2 Å². The summed E-state index contributed by atoms with van der Waals surface area (Å²) >= 11 is 0. The summed E-state index contributed by atoms with van der Waals surface area (Å²) in [5, 5.41) is 5.10. The molecular weight excluding hydrogens is 236 g/mol. The highest BCUT2D eigenvalue weighted by molar-refractivity contribution is 5.72. The van der Waals surface area contributed by atoms with Crippen LogP contribution < -0.4 is 10.6 Å². The van der Waals surface area contributed by atoms with E-state index in [0.717, 1.165) is 0 Å². The van der Waals surface area contributed by atoms with Crippen molar-refractivity contribution in [2.45, 2.75) is 12.6 Å². The minimum absolute atomic E-state index is 0.655. The Hall–Kier alpha value is -2.24. The fourth-order valence-electron chi connectivity index (χ4n) is 1.46. The first-order valence-electron chi connectivity index (χ1n) is 5.29. The molecule has 0 spiro atoms. The molecule has 0 heterocycles. The molecule has 18 heavy (non-hydrogen) atoms. The van der Waals surface area contributed by atoms with Gasteiger partial charge in [-0.05, 0) is 12.5 Å². The Morgan fingerprint density at radius 1 is 1.00 bits per heavy atom. The second kappa shape index (κ2) is 5.90. The van der Waals surface area contributed by atoms with Crippen LogP contribution in [0.4, 0.5) is 9.59 Å². The van der Waals surface area contributed by atoms with Gasteiger partial charge in [0.25, 0.3) is 0 Å². The molecule has 0 aliphatic heterocycles. The standard InChI is InChI=1S/C12H16N2O4/c1-12(13-10(15)17-2,14-11(16)18-3)9-7-5-4-6-8-9/h4-8H,1-3H3,(H,13,15)(H,14,16). The SMILES string of the molecule is COC(=O)NC(C)(NC(=O)OC)c1ccccc1. The Balaban J connectivity index is 3.00. The third-order valence-corrected chi connectivity index (χ3v) is 2.43. The molecule has 0 aliphatic carbocycles. The second-order valence-electron chi connectivity index (χ2n) is 3.72. The fourth-order valence-corrected chi connectivity index (χ4v) is 1.46. The average Bonchev–Trinajstić information content (AvgIpc) is 2.39. The molecule has 0 aromatic heterocycles. The minimum atomic E-state index is -1.11. The highest BCUT2D eigenvalue weighted by Gasteiger charge is 2.31. The van der Waals surface area contributed by atoms with Crippen LogP contribution >= 0.6 is 0 Å². The predicted molar refractivity (Wildman–Crippen MR) is 64.9 cm³/mol. The van der Waals surface area contributed by atoms with Gasteiger partial charge in [0.2, 0.25) is 0 Å². The number of rotatable bonds is 3. The van der Waals surface area contributed by atoms with Gasteiger partial charge in [-0.25, -0.2) is 9.59 Å². The van der Waals surface area contributed by atoms with Crippen LogP contribution in [-0.2, 0) is 15.1 Å². The maximum absolute atomic E-state index is 11.3. The van der Waals surface area contributed by atoms with Crippen molar-refractivity contribution in [3.63, 3.8) is 0 Å². The van der Waals surface area contributed by atoms with Gasteiger partial charge in [-0.15, -0.1) is 0 Å². The van der Waals surface area contributed by atoms with Gasteiger partial charge >= 0.3 is 12.2 Å². The molecule has 1 aromatic carbocycles. The van der Waals surface area contributed by atoms with Gasteiger partial charge in [-0.1, -0.05) is 30.3 Å². The first-order chi connectivity index (χ1) is 8.51. The zero-order chi connectivity index (χ0) is 13.6. The Morgan fingerprint density at radius 3 is 1.83 bits per heavy atom. The minimum Gasteiger partial charge on any atom is -0.453 e. The van der Waals surface area contributed by atoms with E-state index in [-0.39, 0.29) is 0 Å². The molecule has 0 atom stereocenters. The van der Waals surface area contributed by atoms with Crippen LogP contribution in [-0.4, -0.2) is 26.4 Å². The van der Waals surface area contributed by atoms with Crippen LogP contribution in [0.5, 0.6) is 0 Å². The molecule has 6 nitrogen and oxygen atoms in total. The van der Waals surface area contributed by atoms with E-state index in [1.807, 2.05) is 6.07 Å². The smallest absolute Gasteiger partial charge is 0.408 e. The van der Waals surface area contributed by atoms with Gasteiger partial charge in [0.15, 0.2) is 0 Å². The fraction of sp³-hybridized carbons (Fsp3) is 0.333. The summed E-state index contributed by atoms with van der Waals surface area (Å²) in [6.07, 6.45) is -1.31. The third-order valence-electron chi connectivity index (χ3n) is 2.43. The number of hydrogen-bond donors (Lipinski definition) is 2. The molecule has 98 valence electrons. The summed E-state index contributed by atoms with van der Waals surface area (Å²) in [4.78, 5) is 22.7. The van der Waals surface area contributed by atoms with Gasteiger partial charge in [0, 0.05) is 0 Å². The second-order valence-corrected chi connectivity index (χ2v) is 3.72. The number of hydrogen-bond acceptors (Lipinski definition) is 4. The average molecular weight is 252 g/mol. The van der Waals surface area contributed by atoms with Crippen molar-refractivity contribution in [1.29, 1.82) is 0 Å². The van der Waals surface area contributed by atoms with Crippen LogP contribution in [0, 0.1) is 0 Å². The molecule has 0 aliphatic rings. The number of benzene rings is 1. The van der Waals surface area contributed by atoms with Crippen molar-refractivity contribution in [1.82, 2.24) is 10.6 Å². The summed E-state index contributed by atoms with van der Waals surface area (Å²) in [6.45, 7) is 1.64. The molecule has 2 amide bonds. The van der Waals surface area contributed by atoms with E-state index in [0.29, 0.717) is 5.56 Å². The van der Waals surface area contributed by atoms with E-state index in [1.54, 1.807) is 31.2 Å². The lowest BCUT2D eigenvalue weighted by Crippen LogP contribution is -2.55. The van der Waals surface area contributed by atoms with E-state index in [2.05, 4.69) is 20.1 Å². The van der Waals surface area contributed by atoms with Crippen molar-refractivity contribution in [3.8, 4) is 0 Å². The van der Waals surface area contributed by atoms with E-state index in [1.165, 1.54) is 14.2 Å². The summed E-state index contributed by atoms with van der Waals surface area (Å²) in [5.41, 5.74) is -0.414. The molecule has 0 saturated heterocycles. The van der Waals surface area contributed by atoms with Crippen LogP contribution in [0.1, 0.15) is 12.5 Å². The monoisotopic (exact) mass is 252 g/mol. The molecule has 1 rings (SSSR count). The molecule has 0 fully saturated rings. The Morgan fingerprint density at radius 2 is 1.44 bits per heavy atom. The summed E-state index contributed by atoms with van der Waals surface area (Å²) in [6, 6.07) is 8.97. The van der Waals surface area contributed by atoms with Gasteiger partial charge in [-0.2, -0.15) is 0 Å². The first kappa shape index (κ1) is 13.8. The number of alkyl carbamates (subject to hydrolysis) is 2. The van der Waals surface area contributed by atoms with E-state index in [4.69, 9.17) is 0 Å². The van der Waals surface area contributed by atoms with Crippen molar-refractivity contribution < 1.29 is 19.1 Å². The lowest BCUT2D eigenvalue weighted by Gasteiger charge is -2.31. The van der Waals surface area contributed by atoms with Gasteiger partial charge < -0.3 is 9.47 Å². The lowest BCUT2D eigenvalue weighted by molar-refractivity contribution is 0.134. The predicted octanol–water partition coefficient (Wildman–Crippen LogP) is 1.57. The van der Waals surface area contributed by atoms with E-state index >= 15 is 0 Å². The Labute approximate surface area is 105 Å².